The predicted molar refractivity (Wildman–Crippen MR) is 96.7 cm³/mol. The van der Waals surface area contributed by atoms with E-state index < -0.39 is 0 Å². The third-order valence-electron chi connectivity index (χ3n) is 4.36. The average Bonchev–Trinajstić information content (AvgIpc) is 2.55. The topological polar surface area (TPSA) is 23.6 Å². The molecule has 0 fully saturated rings. The van der Waals surface area contributed by atoms with Crippen LogP contribution in [0.15, 0.2) is 42.5 Å². The lowest BCUT2D eigenvalue weighted by Crippen LogP contribution is -2.38. The number of hydrogen-bond acceptors (Lipinski definition) is 2. The smallest absolute Gasteiger partial charge is 0.242 e. The molecular formula is C20H25FN2O. The first-order chi connectivity index (χ1) is 11.4. The standard InChI is InChI=1S/C20H25FN2O/c1-5-23(13-17-9-7-10-18(21)12-17)20(24)14-22(4)19-11-6-8-15(2)16(19)3/h6-12H,5,13-14H2,1-4H3. The first kappa shape index (κ1) is 18.0. The number of anilines is 1. The highest BCUT2D eigenvalue weighted by atomic mass is 19.1. The zero-order valence-electron chi connectivity index (χ0n) is 14.8. The van der Waals surface area contributed by atoms with Crippen molar-refractivity contribution in [2.75, 3.05) is 25.0 Å². The van der Waals surface area contributed by atoms with Crippen LogP contribution in [0.1, 0.15) is 23.6 Å². The van der Waals surface area contributed by atoms with Gasteiger partial charge in [-0.15, -0.1) is 0 Å². The zero-order chi connectivity index (χ0) is 17.7. The average molecular weight is 328 g/mol. The van der Waals surface area contributed by atoms with Crippen LogP contribution in [-0.4, -0.2) is 30.9 Å². The van der Waals surface area contributed by atoms with Crippen LogP contribution >= 0.6 is 0 Å². The number of likely N-dealkylation sites (N-methyl/N-ethyl adjacent to an activating group) is 2. The summed E-state index contributed by atoms with van der Waals surface area (Å²) in [5.41, 5.74) is 4.25. The van der Waals surface area contributed by atoms with Crippen molar-refractivity contribution in [2.45, 2.75) is 27.3 Å². The lowest BCUT2D eigenvalue weighted by Gasteiger charge is -2.27. The Morgan fingerprint density at radius 2 is 1.83 bits per heavy atom. The molecule has 0 aromatic heterocycles. The van der Waals surface area contributed by atoms with Crippen LogP contribution in [0.3, 0.4) is 0 Å². The second-order valence-corrected chi connectivity index (χ2v) is 6.11. The maximum atomic E-state index is 13.3. The Hall–Kier alpha value is -2.36. The van der Waals surface area contributed by atoms with Gasteiger partial charge in [0.2, 0.25) is 5.91 Å². The van der Waals surface area contributed by atoms with Gasteiger partial charge in [-0.25, -0.2) is 4.39 Å². The van der Waals surface area contributed by atoms with Crippen molar-refractivity contribution in [1.29, 1.82) is 0 Å². The van der Waals surface area contributed by atoms with Crippen LogP contribution in [0.2, 0.25) is 0 Å². The Balaban J connectivity index is 2.07. The molecule has 2 aromatic carbocycles. The summed E-state index contributed by atoms with van der Waals surface area (Å²) in [4.78, 5) is 16.4. The molecule has 0 saturated carbocycles. The van der Waals surface area contributed by atoms with E-state index in [2.05, 4.69) is 19.9 Å². The molecule has 0 saturated heterocycles. The Morgan fingerprint density at radius 3 is 2.50 bits per heavy atom. The molecule has 0 aliphatic heterocycles. The van der Waals surface area contributed by atoms with Gasteiger partial charge in [-0.05, 0) is 55.7 Å². The minimum Gasteiger partial charge on any atom is -0.365 e. The van der Waals surface area contributed by atoms with E-state index in [-0.39, 0.29) is 11.7 Å². The highest BCUT2D eigenvalue weighted by Gasteiger charge is 2.16. The number of carbonyl (C=O) groups excluding carboxylic acids is 1. The molecule has 2 aromatic rings. The van der Waals surface area contributed by atoms with Crippen molar-refractivity contribution < 1.29 is 9.18 Å². The van der Waals surface area contributed by atoms with E-state index in [0.29, 0.717) is 19.6 Å². The predicted octanol–water partition coefficient (Wildman–Crippen LogP) is 3.93. The number of benzene rings is 2. The van der Waals surface area contributed by atoms with Crippen molar-refractivity contribution in [3.05, 3.63) is 65.0 Å². The molecule has 2 rings (SSSR count). The van der Waals surface area contributed by atoms with Crippen molar-refractivity contribution in [2.24, 2.45) is 0 Å². The quantitative estimate of drug-likeness (QED) is 0.802. The van der Waals surface area contributed by atoms with Crippen LogP contribution in [0.4, 0.5) is 10.1 Å². The van der Waals surface area contributed by atoms with Gasteiger partial charge in [0.15, 0.2) is 0 Å². The highest BCUT2D eigenvalue weighted by molar-refractivity contribution is 5.81. The van der Waals surface area contributed by atoms with Gasteiger partial charge in [0, 0.05) is 25.8 Å². The van der Waals surface area contributed by atoms with Crippen LogP contribution in [0.25, 0.3) is 0 Å². The number of aryl methyl sites for hydroxylation is 1. The third-order valence-corrected chi connectivity index (χ3v) is 4.36. The van der Waals surface area contributed by atoms with E-state index in [0.717, 1.165) is 11.3 Å². The molecule has 0 N–H and O–H groups in total. The molecule has 3 nitrogen and oxygen atoms in total. The van der Waals surface area contributed by atoms with Crippen LogP contribution < -0.4 is 4.90 Å². The van der Waals surface area contributed by atoms with E-state index in [4.69, 9.17) is 0 Å². The largest absolute Gasteiger partial charge is 0.365 e. The molecule has 0 bridgehead atoms. The van der Waals surface area contributed by atoms with Crippen molar-refractivity contribution in [3.8, 4) is 0 Å². The lowest BCUT2D eigenvalue weighted by atomic mass is 10.1. The molecule has 0 aliphatic carbocycles. The van der Waals surface area contributed by atoms with Crippen LogP contribution in [0, 0.1) is 19.7 Å². The summed E-state index contributed by atoms with van der Waals surface area (Å²) in [7, 11) is 1.93. The van der Waals surface area contributed by atoms with Crippen LogP contribution in [0.5, 0.6) is 0 Å². The summed E-state index contributed by atoms with van der Waals surface area (Å²) >= 11 is 0. The third kappa shape index (κ3) is 4.34. The van der Waals surface area contributed by atoms with E-state index >= 15 is 0 Å². The SMILES string of the molecule is CCN(Cc1cccc(F)c1)C(=O)CN(C)c1cccc(C)c1C. The number of amides is 1. The molecule has 0 atom stereocenters. The van der Waals surface area contributed by atoms with E-state index in [9.17, 15) is 9.18 Å². The molecule has 0 unspecified atom stereocenters. The van der Waals surface area contributed by atoms with Gasteiger partial charge >= 0.3 is 0 Å². The molecular weight excluding hydrogens is 303 g/mol. The summed E-state index contributed by atoms with van der Waals surface area (Å²) in [6.45, 7) is 7.39. The van der Waals surface area contributed by atoms with Gasteiger partial charge < -0.3 is 9.80 Å². The van der Waals surface area contributed by atoms with Crippen LogP contribution in [-0.2, 0) is 11.3 Å². The molecule has 4 heteroatoms. The molecule has 128 valence electrons. The second kappa shape index (κ2) is 7.95. The van der Waals surface area contributed by atoms with Gasteiger partial charge in [0.1, 0.15) is 5.82 Å². The normalized spacial score (nSPS) is 10.5. The lowest BCUT2D eigenvalue weighted by molar-refractivity contribution is -0.130. The van der Waals surface area contributed by atoms with Gasteiger partial charge in [0.05, 0.1) is 6.54 Å². The number of hydrogen-bond donors (Lipinski definition) is 0. The molecule has 24 heavy (non-hydrogen) atoms. The molecule has 0 heterocycles. The fraction of sp³-hybridized carbons (Fsp3) is 0.350. The molecule has 0 aliphatic rings. The molecule has 0 radical (unpaired) electrons. The summed E-state index contributed by atoms with van der Waals surface area (Å²) in [5, 5.41) is 0. The number of rotatable bonds is 6. The highest BCUT2D eigenvalue weighted by Crippen LogP contribution is 2.21. The molecule has 0 spiro atoms. The Labute approximate surface area is 143 Å². The minimum absolute atomic E-state index is 0.0326. The van der Waals surface area contributed by atoms with E-state index in [1.165, 1.54) is 23.3 Å². The van der Waals surface area contributed by atoms with E-state index in [1.54, 1.807) is 11.0 Å². The zero-order valence-corrected chi connectivity index (χ0v) is 14.8. The summed E-state index contributed by atoms with van der Waals surface area (Å²) in [6.07, 6.45) is 0. The number of carbonyl (C=O) groups is 1. The summed E-state index contributed by atoms with van der Waals surface area (Å²) in [6, 6.07) is 12.5. The first-order valence-corrected chi connectivity index (χ1v) is 8.22. The van der Waals surface area contributed by atoms with Gasteiger partial charge in [-0.3, -0.25) is 4.79 Å². The Morgan fingerprint density at radius 1 is 1.12 bits per heavy atom. The summed E-state index contributed by atoms with van der Waals surface area (Å²) < 4.78 is 13.3. The Bertz CT molecular complexity index is 715. The number of halogens is 1. The summed E-state index contributed by atoms with van der Waals surface area (Å²) in [5.74, 6) is -0.242. The fourth-order valence-electron chi connectivity index (χ4n) is 2.77. The molecule has 1 amide bonds. The van der Waals surface area contributed by atoms with Gasteiger partial charge in [0.25, 0.3) is 0 Å². The fourth-order valence-corrected chi connectivity index (χ4v) is 2.77. The van der Waals surface area contributed by atoms with Crippen molar-refractivity contribution >= 4 is 11.6 Å². The number of nitrogens with zero attached hydrogens (tertiary/aromatic N) is 2. The Kier molecular flexibility index (Phi) is 5.96. The van der Waals surface area contributed by atoms with Gasteiger partial charge in [-0.2, -0.15) is 0 Å². The van der Waals surface area contributed by atoms with Crippen molar-refractivity contribution in [1.82, 2.24) is 4.90 Å². The minimum atomic E-state index is -0.275. The second-order valence-electron chi connectivity index (χ2n) is 6.11. The maximum Gasteiger partial charge on any atom is 0.242 e. The maximum absolute atomic E-state index is 13.3. The van der Waals surface area contributed by atoms with E-state index in [1.807, 2.05) is 37.1 Å². The monoisotopic (exact) mass is 328 g/mol. The van der Waals surface area contributed by atoms with Gasteiger partial charge in [-0.1, -0.05) is 24.3 Å². The first-order valence-electron chi connectivity index (χ1n) is 8.22. The van der Waals surface area contributed by atoms with Crippen molar-refractivity contribution in [3.63, 3.8) is 0 Å².